The molecular weight excluding hydrogens is 96.1 g/mol. The Morgan fingerprint density at radius 1 is 1.50 bits per heavy atom. The second-order valence-corrected chi connectivity index (χ2v) is 1.63. The first-order valence-corrected chi connectivity index (χ1v) is 2.73. The van der Waals surface area contributed by atoms with Crippen LogP contribution >= 0.6 is 0 Å². The third-order valence-electron chi connectivity index (χ3n) is 0.951. The van der Waals surface area contributed by atoms with Gasteiger partial charge < -0.3 is 0 Å². The molecule has 0 aromatic heterocycles. The summed E-state index contributed by atoms with van der Waals surface area (Å²) < 4.78 is 0. The molecule has 0 amide bonds. The third kappa shape index (κ3) is 3.41. The zero-order valence-electron chi connectivity index (χ0n) is 5.52. The van der Waals surface area contributed by atoms with E-state index in [-0.39, 0.29) is 0 Å². The monoisotopic (exact) mass is 108 g/mol. The summed E-state index contributed by atoms with van der Waals surface area (Å²) in [5, 5.41) is 0. The average Bonchev–Trinajstić information content (AvgIpc) is 1.83. The molecule has 0 rings (SSSR count). The third-order valence-corrected chi connectivity index (χ3v) is 0.951. The first-order valence-electron chi connectivity index (χ1n) is 2.73. The van der Waals surface area contributed by atoms with Crippen LogP contribution in [0.2, 0.25) is 0 Å². The van der Waals surface area contributed by atoms with E-state index in [0.29, 0.717) is 0 Å². The van der Waals surface area contributed by atoms with Crippen LogP contribution in [0.15, 0.2) is 36.5 Å². The Labute approximate surface area is 51.2 Å². The molecule has 0 heteroatoms. The van der Waals surface area contributed by atoms with Gasteiger partial charge in [-0.25, -0.2) is 0 Å². The van der Waals surface area contributed by atoms with Crippen molar-refractivity contribution >= 4 is 0 Å². The van der Waals surface area contributed by atoms with Crippen molar-refractivity contribution < 1.29 is 0 Å². The van der Waals surface area contributed by atoms with Gasteiger partial charge in [0.05, 0.1) is 0 Å². The average molecular weight is 108 g/mol. The van der Waals surface area contributed by atoms with Crippen molar-refractivity contribution in [2.75, 3.05) is 0 Å². The minimum atomic E-state index is 1.27. The maximum absolute atomic E-state index is 3.55. The molecule has 0 fully saturated rings. The number of allylic oxidation sites excluding steroid dienone is 5. The molecule has 0 unspecified atom stereocenters. The summed E-state index contributed by atoms with van der Waals surface area (Å²) in [5.41, 5.74) is 1.27. The fourth-order valence-corrected chi connectivity index (χ4v) is 0.316. The van der Waals surface area contributed by atoms with E-state index >= 15 is 0 Å². The first-order chi connectivity index (χ1) is 3.81. The van der Waals surface area contributed by atoms with Crippen molar-refractivity contribution in [3.63, 3.8) is 0 Å². The van der Waals surface area contributed by atoms with Crippen molar-refractivity contribution in [2.24, 2.45) is 0 Å². The van der Waals surface area contributed by atoms with Gasteiger partial charge in [-0.2, -0.15) is 0 Å². The van der Waals surface area contributed by atoms with Crippen LogP contribution in [-0.4, -0.2) is 0 Å². The fraction of sp³-hybridized carbons (Fsp3) is 0.250. The quantitative estimate of drug-likeness (QED) is 0.477. The Balaban J connectivity index is 3.69. The van der Waals surface area contributed by atoms with E-state index in [2.05, 4.69) is 19.6 Å². The molecular formula is C8H12. The molecule has 8 heavy (non-hydrogen) atoms. The number of hydrogen-bond donors (Lipinski definition) is 0. The minimum absolute atomic E-state index is 1.27. The topological polar surface area (TPSA) is 0 Å². The molecule has 0 aliphatic carbocycles. The molecule has 0 nitrogen and oxygen atoms in total. The molecule has 0 N–H and O–H groups in total. The van der Waals surface area contributed by atoms with E-state index in [9.17, 15) is 0 Å². The standard InChI is InChI=1S/C8H12/c1-4-6-7-8(3)5-2/h4-7H,1H2,2-3H3/b7-6+,8-5+. The summed E-state index contributed by atoms with van der Waals surface area (Å²) in [6.45, 7) is 7.63. The lowest BCUT2D eigenvalue weighted by atomic mass is 10.3. The van der Waals surface area contributed by atoms with Gasteiger partial charge in [0, 0.05) is 0 Å². The van der Waals surface area contributed by atoms with Crippen molar-refractivity contribution in [3.05, 3.63) is 36.5 Å². The molecule has 0 aromatic rings. The highest BCUT2D eigenvalue weighted by atomic mass is 13.8. The summed E-state index contributed by atoms with van der Waals surface area (Å²) in [6, 6.07) is 0. The van der Waals surface area contributed by atoms with Gasteiger partial charge in [0.1, 0.15) is 0 Å². The molecule has 0 aliphatic heterocycles. The molecule has 0 aliphatic rings. The van der Waals surface area contributed by atoms with E-state index in [4.69, 9.17) is 0 Å². The number of rotatable bonds is 2. The molecule has 0 aromatic carbocycles. The summed E-state index contributed by atoms with van der Waals surface area (Å²) in [5.74, 6) is 0. The Hall–Kier alpha value is -0.780. The predicted octanol–water partition coefficient (Wildman–Crippen LogP) is 2.69. The molecule has 0 radical (unpaired) electrons. The summed E-state index contributed by atoms with van der Waals surface area (Å²) in [4.78, 5) is 0. The lowest BCUT2D eigenvalue weighted by Gasteiger charge is -1.82. The Morgan fingerprint density at radius 3 is 2.50 bits per heavy atom. The van der Waals surface area contributed by atoms with Gasteiger partial charge in [-0.1, -0.05) is 36.5 Å². The lowest BCUT2D eigenvalue weighted by Crippen LogP contribution is -1.60. The summed E-state index contributed by atoms with van der Waals surface area (Å²) in [7, 11) is 0. The summed E-state index contributed by atoms with van der Waals surface area (Å²) >= 11 is 0. The first kappa shape index (κ1) is 7.22. The van der Waals surface area contributed by atoms with Gasteiger partial charge in [0.2, 0.25) is 0 Å². The Kier molecular flexibility index (Phi) is 3.95. The smallest absolute Gasteiger partial charge is 0.0401 e. The molecule has 44 valence electrons. The van der Waals surface area contributed by atoms with Gasteiger partial charge in [0.15, 0.2) is 0 Å². The normalized spacial score (nSPS) is 12.5. The van der Waals surface area contributed by atoms with Gasteiger partial charge >= 0.3 is 0 Å². The van der Waals surface area contributed by atoms with Crippen LogP contribution in [0.3, 0.4) is 0 Å². The predicted molar refractivity (Wildman–Crippen MR) is 38.8 cm³/mol. The van der Waals surface area contributed by atoms with Crippen LogP contribution < -0.4 is 0 Å². The van der Waals surface area contributed by atoms with Crippen molar-refractivity contribution in [1.82, 2.24) is 0 Å². The van der Waals surface area contributed by atoms with Gasteiger partial charge in [-0.3, -0.25) is 0 Å². The molecule has 0 saturated carbocycles. The molecule has 0 spiro atoms. The molecule has 0 saturated heterocycles. The van der Waals surface area contributed by atoms with Crippen molar-refractivity contribution in [2.45, 2.75) is 13.8 Å². The number of hydrogen-bond acceptors (Lipinski definition) is 0. The molecule has 0 bridgehead atoms. The van der Waals surface area contributed by atoms with Crippen molar-refractivity contribution in [1.29, 1.82) is 0 Å². The van der Waals surface area contributed by atoms with E-state index < -0.39 is 0 Å². The van der Waals surface area contributed by atoms with Crippen molar-refractivity contribution in [3.8, 4) is 0 Å². The SMILES string of the molecule is C=C/C=C/C(C)=C/C. The zero-order chi connectivity index (χ0) is 6.41. The van der Waals surface area contributed by atoms with Crippen LogP contribution in [0.5, 0.6) is 0 Å². The van der Waals surface area contributed by atoms with E-state index in [1.54, 1.807) is 6.08 Å². The lowest BCUT2D eigenvalue weighted by molar-refractivity contribution is 1.48. The highest BCUT2D eigenvalue weighted by Crippen LogP contribution is 1.92. The second-order valence-electron chi connectivity index (χ2n) is 1.63. The Bertz CT molecular complexity index is 116. The zero-order valence-corrected chi connectivity index (χ0v) is 5.52. The van der Waals surface area contributed by atoms with Gasteiger partial charge in [0.25, 0.3) is 0 Å². The van der Waals surface area contributed by atoms with Crippen LogP contribution in [-0.2, 0) is 0 Å². The van der Waals surface area contributed by atoms with Crippen LogP contribution in [0.25, 0.3) is 0 Å². The Morgan fingerprint density at radius 2 is 2.12 bits per heavy atom. The van der Waals surface area contributed by atoms with Gasteiger partial charge in [-0.05, 0) is 13.8 Å². The van der Waals surface area contributed by atoms with E-state index in [0.717, 1.165) is 0 Å². The summed E-state index contributed by atoms with van der Waals surface area (Å²) in [6.07, 6.45) is 7.77. The highest BCUT2D eigenvalue weighted by molar-refractivity contribution is 5.18. The molecule has 0 heterocycles. The van der Waals surface area contributed by atoms with Crippen LogP contribution in [0.4, 0.5) is 0 Å². The van der Waals surface area contributed by atoms with E-state index in [1.165, 1.54) is 5.57 Å². The largest absolute Gasteiger partial charge is 0.0991 e. The van der Waals surface area contributed by atoms with E-state index in [1.807, 2.05) is 19.1 Å². The maximum atomic E-state index is 3.55. The maximum Gasteiger partial charge on any atom is -0.0401 e. The van der Waals surface area contributed by atoms with Crippen LogP contribution in [0, 0.1) is 0 Å². The molecule has 0 atom stereocenters. The van der Waals surface area contributed by atoms with Crippen LogP contribution in [0.1, 0.15) is 13.8 Å². The fourth-order valence-electron chi connectivity index (χ4n) is 0.316. The highest BCUT2D eigenvalue weighted by Gasteiger charge is 1.70. The van der Waals surface area contributed by atoms with Gasteiger partial charge in [-0.15, -0.1) is 0 Å². The second kappa shape index (κ2) is 4.38. The minimum Gasteiger partial charge on any atom is -0.0991 e.